The van der Waals surface area contributed by atoms with Crippen LogP contribution in [0.5, 0.6) is 0 Å². The Labute approximate surface area is 128 Å². The molecule has 21 heavy (non-hydrogen) atoms. The molecule has 1 aliphatic heterocycles. The molecule has 1 saturated carbocycles. The van der Waals surface area contributed by atoms with Gasteiger partial charge in [0.25, 0.3) is 0 Å². The van der Waals surface area contributed by atoms with Gasteiger partial charge in [0.1, 0.15) is 0 Å². The monoisotopic (exact) mass is 297 g/mol. The molecule has 1 atom stereocenters. The quantitative estimate of drug-likeness (QED) is 0.729. The minimum atomic E-state index is -0.390. The Morgan fingerprint density at radius 3 is 2.48 bits per heavy atom. The summed E-state index contributed by atoms with van der Waals surface area (Å²) >= 11 is 0. The molecule has 2 rings (SSSR count). The third kappa shape index (κ3) is 5.57. The normalized spacial score (nSPS) is 23.8. The smallest absolute Gasteiger partial charge is 0.231 e. The summed E-state index contributed by atoms with van der Waals surface area (Å²) in [6.45, 7) is 6.02. The molecule has 0 bridgehead atoms. The van der Waals surface area contributed by atoms with Gasteiger partial charge in [-0.15, -0.1) is 0 Å². The fourth-order valence-corrected chi connectivity index (χ4v) is 3.68. The van der Waals surface area contributed by atoms with Gasteiger partial charge in [0.05, 0.1) is 12.6 Å². The summed E-state index contributed by atoms with van der Waals surface area (Å²) in [4.78, 5) is 15.7. The van der Waals surface area contributed by atoms with E-state index in [0.717, 1.165) is 31.8 Å². The Morgan fingerprint density at radius 2 is 1.90 bits per heavy atom. The zero-order valence-corrected chi connectivity index (χ0v) is 13.3. The van der Waals surface area contributed by atoms with Gasteiger partial charge in [-0.2, -0.15) is 0 Å². The van der Waals surface area contributed by atoms with Crippen molar-refractivity contribution in [2.75, 3.05) is 32.7 Å². The van der Waals surface area contributed by atoms with Crippen LogP contribution in [0.25, 0.3) is 0 Å². The van der Waals surface area contributed by atoms with E-state index in [4.69, 9.17) is 5.73 Å². The highest BCUT2D eigenvalue weighted by Crippen LogP contribution is 2.23. The van der Waals surface area contributed by atoms with E-state index in [-0.39, 0.29) is 12.5 Å². The molecule has 0 aromatic rings. The molecule has 3 N–H and O–H groups in total. The molecule has 0 aromatic carbocycles. The third-order valence-corrected chi connectivity index (χ3v) is 4.99. The largest absolute Gasteiger partial charge is 0.390 e. The van der Waals surface area contributed by atoms with Gasteiger partial charge in [-0.25, -0.2) is 0 Å². The highest BCUT2D eigenvalue weighted by atomic mass is 16.3. The van der Waals surface area contributed by atoms with Gasteiger partial charge in [0.15, 0.2) is 0 Å². The number of aliphatic hydroxyl groups is 1. The summed E-state index contributed by atoms with van der Waals surface area (Å²) in [5.41, 5.74) is 5.36. The first kappa shape index (κ1) is 16.7. The second-order valence-electron chi connectivity index (χ2n) is 6.97. The second-order valence-corrected chi connectivity index (χ2v) is 6.97. The van der Waals surface area contributed by atoms with Gasteiger partial charge in [0, 0.05) is 19.1 Å². The number of primary amides is 1. The number of likely N-dealkylation sites (tertiary alicyclic amines) is 1. The summed E-state index contributed by atoms with van der Waals surface area (Å²) in [7, 11) is 0. The standard InChI is InChI=1S/C16H31N3O2/c1-13-6-8-18(9-7-13)10-15(20)11-19(12-16(17)21)14-4-2-3-5-14/h13-15,20H,2-12H2,1H3,(H2,17,21). The molecular weight excluding hydrogens is 266 g/mol. The van der Waals surface area contributed by atoms with E-state index in [1.165, 1.54) is 25.7 Å². The first-order valence-electron chi connectivity index (χ1n) is 8.47. The Hall–Kier alpha value is -0.650. The summed E-state index contributed by atoms with van der Waals surface area (Å²) in [6, 6.07) is 0.425. The molecule has 0 radical (unpaired) electrons. The Balaban J connectivity index is 1.79. The molecule has 5 heteroatoms. The lowest BCUT2D eigenvalue weighted by molar-refractivity contribution is -0.120. The van der Waals surface area contributed by atoms with E-state index in [2.05, 4.69) is 16.7 Å². The maximum absolute atomic E-state index is 11.3. The third-order valence-electron chi connectivity index (χ3n) is 4.99. The van der Waals surface area contributed by atoms with E-state index in [1.807, 2.05) is 0 Å². The molecular formula is C16H31N3O2. The number of hydrogen-bond donors (Lipinski definition) is 2. The lowest BCUT2D eigenvalue weighted by atomic mass is 9.99. The highest BCUT2D eigenvalue weighted by Gasteiger charge is 2.26. The first-order chi connectivity index (χ1) is 10.0. The summed E-state index contributed by atoms with van der Waals surface area (Å²) in [6.07, 6.45) is 6.75. The van der Waals surface area contributed by atoms with Crippen LogP contribution in [0.4, 0.5) is 0 Å². The number of carbonyl (C=O) groups is 1. The minimum Gasteiger partial charge on any atom is -0.390 e. The fourth-order valence-electron chi connectivity index (χ4n) is 3.68. The predicted molar refractivity (Wildman–Crippen MR) is 83.9 cm³/mol. The van der Waals surface area contributed by atoms with Crippen LogP contribution in [0.15, 0.2) is 0 Å². The van der Waals surface area contributed by atoms with Crippen LogP contribution in [0.1, 0.15) is 45.4 Å². The lowest BCUT2D eigenvalue weighted by Gasteiger charge is -2.34. The van der Waals surface area contributed by atoms with Crippen molar-refractivity contribution in [3.05, 3.63) is 0 Å². The Morgan fingerprint density at radius 1 is 1.29 bits per heavy atom. The first-order valence-corrected chi connectivity index (χ1v) is 8.47. The van der Waals surface area contributed by atoms with Crippen molar-refractivity contribution < 1.29 is 9.90 Å². The molecule has 0 spiro atoms. The molecule has 1 heterocycles. The average molecular weight is 297 g/mol. The molecule has 2 aliphatic rings. The van der Waals surface area contributed by atoms with Gasteiger partial charge in [-0.05, 0) is 44.7 Å². The van der Waals surface area contributed by atoms with Crippen molar-refractivity contribution in [1.82, 2.24) is 9.80 Å². The van der Waals surface area contributed by atoms with Crippen LogP contribution in [0.3, 0.4) is 0 Å². The molecule has 0 aromatic heterocycles. The maximum atomic E-state index is 11.3. The molecule has 1 unspecified atom stereocenters. The van der Waals surface area contributed by atoms with Gasteiger partial charge in [-0.3, -0.25) is 9.69 Å². The predicted octanol–water partition coefficient (Wildman–Crippen LogP) is 0.809. The molecule has 1 amide bonds. The highest BCUT2D eigenvalue weighted by molar-refractivity contribution is 5.75. The Kier molecular flexibility index (Phi) is 6.45. The van der Waals surface area contributed by atoms with Crippen LogP contribution in [-0.2, 0) is 4.79 Å². The Bertz CT molecular complexity index is 323. The van der Waals surface area contributed by atoms with Crippen molar-refractivity contribution in [3.8, 4) is 0 Å². The van der Waals surface area contributed by atoms with Gasteiger partial charge in [-0.1, -0.05) is 19.8 Å². The number of aliphatic hydroxyl groups excluding tert-OH is 1. The van der Waals surface area contributed by atoms with Crippen molar-refractivity contribution in [2.24, 2.45) is 11.7 Å². The zero-order valence-electron chi connectivity index (χ0n) is 13.3. The van der Waals surface area contributed by atoms with E-state index in [0.29, 0.717) is 19.1 Å². The molecule has 122 valence electrons. The number of hydrogen-bond acceptors (Lipinski definition) is 4. The molecule has 1 aliphatic carbocycles. The molecule has 2 fully saturated rings. The zero-order chi connectivity index (χ0) is 15.2. The minimum absolute atomic E-state index is 0.277. The number of rotatable bonds is 7. The summed E-state index contributed by atoms with van der Waals surface area (Å²) in [5, 5.41) is 10.4. The summed E-state index contributed by atoms with van der Waals surface area (Å²) < 4.78 is 0. The number of nitrogens with zero attached hydrogens (tertiary/aromatic N) is 2. The lowest BCUT2D eigenvalue weighted by Crippen LogP contribution is -2.47. The molecule has 5 nitrogen and oxygen atoms in total. The number of carbonyl (C=O) groups excluding carboxylic acids is 1. The number of nitrogens with two attached hydrogens (primary N) is 1. The van der Waals surface area contributed by atoms with Crippen LogP contribution in [0, 0.1) is 5.92 Å². The second kappa shape index (κ2) is 8.11. The van der Waals surface area contributed by atoms with Crippen LogP contribution in [0.2, 0.25) is 0 Å². The van der Waals surface area contributed by atoms with E-state index in [9.17, 15) is 9.90 Å². The number of amides is 1. The van der Waals surface area contributed by atoms with Crippen LogP contribution >= 0.6 is 0 Å². The van der Waals surface area contributed by atoms with Crippen LogP contribution < -0.4 is 5.73 Å². The van der Waals surface area contributed by atoms with E-state index < -0.39 is 6.10 Å². The van der Waals surface area contributed by atoms with Gasteiger partial charge in [0.2, 0.25) is 5.91 Å². The van der Waals surface area contributed by atoms with Crippen LogP contribution in [-0.4, -0.2) is 65.7 Å². The SMILES string of the molecule is CC1CCN(CC(O)CN(CC(N)=O)C2CCCC2)CC1. The number of piperidine rings is 1. The van der Waals surface area contributed by atoms with Gasteiger partial charge >= 0.3 is 0 Å². The fraction of sp³-hybridized carbons (Fsp3) is 0.938. The van der Waals surface area contributed by atoms with Crippen molar-refractivity contribution in [2.45, 2.75) is 57.6 Å². The van der Waals surface area contributed by atoms with Crippen molar-refractivity contribution in [3.63, 3.8) is 0 Å². The number of β-amino-alcohol motifs (C(OH)–C–C–N with tert-alkyl or cyclic N) is 1. The summed E-state index contributed by atoms with van der Waals surface area (Å²) in [5.74, 6) is 0.518. The van der Waals surface area contributed by atoms with E-state index in [1.54, 1.807) is 0 Å². The topological polar surface area (TPSA) is 69.8 Å². The van der Waals surface area contributed by atoms with Crippen molar-refractivity contribution in [1.29, 1.82) is 0 Å². The maximum Gasteiger partial charge on any atom is 0.231 e. The van der Waals surface area contributed by atoms with E-state index >= 15 is 0 Å². The average Bonchev–Trinajstić information content (AvgIpc) is 2.94. The van der Waals surface area contributed by atoms with Crippen molar-refractivity contribution >= 4 is 5.91 Å². The molecule has 1 saturated heterocycles. The van der Waals surface area contributed by atoms with Gasteiger partial charge < -0.3 is 15.7 Å².